The standard InChI is InChI=1S/C17H22N2/c1-12-5-10-17(13(2)11-12)19(4)16-8-6-15(7-9-16)14(3)18/h5-11,14H,18H2,1-4H3/t14-/m1/s1. The lowest BCUT2D eigenvalue weighted by Gasteiger charge is -2.22. The summed E-state index contributed by atoms with van der Waals surface area (Å²) in [5, 5.41) is 0. The summed E-state index contributed by atoms with van der Waals surface area (Å²) >= 11 is 0. The fraction of sp³-hybridized carbons (Fsp3) is 0.294. The minimum absolute atomic E-state index is 0.0838. The van der Waals surface area contributed by atoms with Crippen molar-refractivity contribution in [3.8, 4) is 0 Å². The predicted molar refractivity (Wildman–Crippen MR) is 83.0 cm³/mol. The SMILES string of the molecule is Cc1ccc(N(C)c2ccc([C@@H](C)N)cc2)c(C)c1. The summed E-state index contributed by atoms with van der Waals surface area (Å²) in [6.45, 7) is 6.27. The van der Waals surface area contributed by atoms with Crippen molar-refractivity contribution in [1.82, 2.24) is 0 Å². The van der Waals surface area contributed by atoms with E-state index in [0.29, 0.717) is 0 Å². The summed E-state index contributed by atoms with van der Waals surface area (Å²) < 4.78 is 0. The first-order valence-corrected chi connectivity index (χ1v) is 6.65. The maximum absolute atomic E-state index is 5.88. The van der Waals surface area contributed by atoms with Crippen molar-refractivity contribution < 1.29 is 0 Å². The van der Waals surface area contributed by atoms with Crippen LogP contribution in [0.1, 0.15) is 29.7 Å². The van der Waals surface area contributed by atoms with E-state index in [4.69, 9.17) is 5.73 Å². The Hall–Kier alpha value is -1.80. The normalized spacial score (nSPS) is 12.3. The molecule has 0 aliphatic heterocycles. The van der Waals surface area contributed by atoms with Crippen molar-refractivity contribution in [3.05, 3.63) is 59.2 Å². The van der Waals surface area contributed by atoms with Crippen LogP contribution < -0.4 is 10.6 Å². The molecule has 2 nitrogen and oxygen atoms in total. The van der Waals surface area contributed by atoms with Crippen LogP contribution in [-0.4, -0.2) is 7.05 Å². The molecule has 2 heteroatoms. The van der Waals surface area contributed by atoms with E-state index in [1.807, 2.05) is 6.92 Å². The molecule has 1 atom stereocenters. The lowest BCUT2D eigenvalue weighted by molar-refractivity contribution is 0.818. The summed E-state index contributed by atoms with van der Waals surface area (Å²) in [5.74, 6) is 0. The third-order valence-electron chi connectivity index (χ3n) is 3.52. The molecule has 0 fully saturated rings. The van der Waals surface area contributed by atoms with Crippen LogP contribution in [-0.2, 0) is 0 Å². The lowest BCUT2D eigenvalue weighted by Crippen LogP contribution is -2.11. The Morgan fingerprint density at radius 3 is 2.16 bits per heavy atom. The second-order valence-corrected chi connectivity index (χ2v) is 5.23. The molecule has 19 heavy (non-hydrogen) atoms. The minimum Gasteiger partial charge on any atom is -0.344 e. The summed E-state index contributed by atoms with van der Waals surface area (Å²) in [4.78, 5) is 2.21. The summed E-state index contributed by atoms with van der Waals surface area (Å²) in [7, 11) is 2.10. The number of anilines is 2. The maximum Gasteiger partial charge on any atom is 0.0437 e. The highest BCUT2D eigenvalue weighted by atomic mass is 15.1. The summed E-state index contributed by atoms with van der Waals surface area (Å²) in [6, 6.07) is 15.1. The third-order valence-corrected chi connectivity index (χ3v) is 3.52. The first-order valence-electron chi connectivity index (χ1n) is 6.65. The number of benzene rings is 2. The fourth-order valence-electron chi connectivity index (χ4n) is 2.32. The molecular formula is C17H22N2. The molecule has 2 N–H and O–H groups in total. The van der Waals surface area contributed by atoms with Gasteiger partial charge >= 0.3 is 0 Å². The van der Waals surface area contributed by atoms with Crippen molar-refractivity contribution in [3.63, 3.8) is 0 Å². The van der Waals surface area contributed by atoms with Gasteiger partial charge in [0.2, 0.25) is 0 Å². The highest BCUT2D eigenvalue weighted by Crippen LogP contribution is 2.28. The van der Waals surface area contributed by atoms with Gasteiger partial charge in [0.15, 0.2) is 0 Å². The van der Waals surface area contributed by atoms with Gasteiger partial charge in [-0.05, 0) is 50.1 Å². The average molecular weight is 254 g/mol. The van der Waals surface area contributed by atoms with E-state index in [9.17, 15) is 0 Å². The van der Waals surface area contributed by atoms with Gasteiger partial charge in [0, 0.05) is 24.5 Å². The van der Waals surface area contributed by atoms with Crippen LogP contribution >= 0.6 is 0 Å². The Kier molecular flexibility index (Phi) is 3.91. The molecule has 0 aliphatic rings. The number of hydrogen-bond donors (Lipinski definition) is 1. The molecule has 0 spiro atoms. The Balaban J connectivity index is 2.30. The number of nitrogens with two attached hydrogens (primary N) is 1. The van der Waals surface area contributed by atoms with Gasteiger partial charge in [-0.15, -0.1) is 0 Å². The topological polar surface area (TPSA) is 29.3 Å². The van der Waals surface area contributed by atoms with Crippen LogP contribution in [0.5, 0.6) is 0 Å². The number of rotatable bonds is 3. The van der Waals surface area contributed by atoms with Gasteiger partial charge in [-0.2, -0.15) is 0 Å². The molecule has 0 amide bonds. The van der Waals surface area contributed by atoms with E-state index in [1.165, 1.54) is 22.5 Å². The van der Waals surface area contributed by atoms with Crippen molar-refractivity contribution in [2.45, 2.75) is 26.8 Å². The quantitative estimate of drug-likeness (QED) is 0.893. The van der Waals surface area contributed by atoms with Crippen molar-refractivity contribution in [1.29, 1.82) is 0 Å². The number of hydrogen-bond acceptors (Lipinski definition) is 2. The van der Waals surface area contributed by atoms with Crippen LogP contribution in [0.4, 0.5) is 11.4 Å². The van der Waals surface area contributed by atoms with E-state index in [-0.39, 0.29) is 6.04 Å². The summed E-state index contributed by atoms with van der Waals surface area (Å²) in [5.41, 5.74) is 12.0. The van der Waals surface area contributed by atoms with Crippen molar-refractivity contribution in [2.75, 3.05) is 11.9 Å². The third kappa shape index (κ3) is 2.96. The molecule has 0 unspecified atom stereocenters. The van der Waals surface area contributed by atoms with E-state index in [0.717, 1.165) is 5.56 Å². The Morgan fingerprint density at radius 1 is 1.00 bits per heavy atom. The Labute approximate surface area is 115 Å². The van der Waals surface area contributed by atoms with E-state index < -0.39 is 0 Å². The Morgan fingerprint density at radius 2 is 1.63 bits per heavy atom. The van der Waals surface area contributed by atoms with Crippen LogP contribution in [0.15, 0.2) is 42.5 Å². The predicted octanol–water partition coefficient (Wildman–Crippen LogP) is 4.09. The van der Waals surface area contributed by atoms with Gasteiger partial charge in [0.1, 0.15) is 0 Å². The minimum atomic E-state index is 0.0838. The van der Waals surface area contributed by atoms with E-state index in [1.54, 1.807) is 0 Å². The Bertz CT molecular complexity index is 556. The number of nitrogens with zero attached hydrogens (tertiary/aromatic N) is 1. The van der Waals surface area contributed by atoms with Gasteiger partial charge in [0.25, 0.3) is 0 Å². The second kappa shape index (κ2) is 5.45. The molecule has 2 aromatic carbocycles. The van der Waals surface area contributed by atoms with Crippen LogP contribution in [0.2, 0.25) is 0 Å². The zero-order valence-electron chi connectivity index (χ0n) is 12.1. The van der Waals surface area contributed by atoms with Crippen molar-refractivity contribution in [2.24, 2.45) is 5.73 Å². The van der Waals surface area contributed by atoms with Gasteiger partial charge in [-0.3, -0.25) is 0 Å². The van der Waals surface area contributed by atoms with E-state index in [2.05, 4.69) is 68.3 Å². The van der Waals surface area contributed by atoms with Gasteiger partial charge in [-0.25, -0.2) is 0 Å². The van der Waals surface area contributed by atoms with E-state index >= 15 is 0 Å². The average Bonchev–Trinajstić information content (AvgIpc) is 2.38. The summed E-state index contributed by atoms with van der Waals surface area (Å²) in [6.07, 6.45) is 0. The molecule has 0 bridgehead atoms. The maximum atomic E-state index is 5.88. The molecule has 0 aromatic heterocycles. The zero-order chi connectivity index (χ0) is 14.0. The highest BCUT2D eigenvalue weighted by Gasteiger charge is 2.07. The molecule has 0 radical (unpaired) electrons. The molecule has 0 saturated heterocycles. The first-order chi connectivity index (χ1) is 8.99. The monoisotopic (exact) mass is 254 g/mol. The van der Waals surface area contributed by atoms with Gasteiger partial charge in [0.05, 0.1) is 0 Å². The van der Waals surface area contributed by atoms with Crippen LogP contribution in [0, 0.1) is 13.8 Å². The first kappa shape index (κ1) is 13.6. The molecule has 100 valence electrons. The van der Waals surface area contributed by atoms with Crippen molar-refractivity contribution >= 4 is 11.4 Å². The lowest BCUT2D eigenvalue weighted by atomic mass is 10.1. The molecule has 2 aromatic rings. The number of aryl methyl sites for hydroxylation is 2. The molecule has 0 saturated carbocycles. The largest absolute Gasteiger partial charge is 0.344 e. The molecule has 0 heterocycles. The van der Waals surface area contributed by atoms with Gasteiger partial charge < -0.3 is 10.6 Å². The van der Waals surface area contributed by atoms with Crippen LogP contribution in [0.3, 0.4) is 0 Å². The molecule has 2 rings (SSSR count). The molecular weight excluding hydrogens is 232 g/mol. The van der Waals surface area contributed by atoms with Gasteiger partial charge in [-0.1, -0.05) is 29.8 Å². The smallest absolute Gasteiger partial charge is 0.0437 e. The highest BCUT2D eigenvalue weighted by molar-refractivity contribution is 5.66. The second-order valence-electron chi connectivity index (χ2n) is 5.23. The molecule has 0 aliphatic carbocycles. The fourth-order valence-corrected chi connectivity index (χ4v) is 2.32. The zero-order valence-corrected chi connectivity index (χ0v) is 12.1. The van der Waals surface area contributed by atoms with Crippen LogP contribution in [0.25, 0.3) is 0 Å².